The number of ether oxygens (including phenoxy) is 2. The molecule has 1 radical (unpaired) electrons. The standard InChI is InChI=1S/C29H43O3P.Li/c1-8-10-12-16-31-24-14-15-26(25(20-24)32-17-13-11-9-2)33-28(30)27-21(3)18-23(19-22(27)4)29(5,6)7;/h14-15,18-20,33H,8-13,16-17H2,1-7H3;. The number of carbonyl (C=O) groups is 1. The molecule has 1 unspecified atom stereocenters. The molecule has 3 nitrogen and oxygen atoms in total. The Kier molecular flexibility index (Phi) is 13.6. The molecule has 0 heterocycles. The van der Waals surface area contributed by atoms with Crippen molar-refractivity contribution in [2.24, 2.45) is 0 Å². The van der Waals surface area contributed by atoms with Crippen molar-refractivity contribution in [3.05, 3.63) is 52.6 Å². The van der Waals surface area contributed by atoms with Gasteiger partial charge in [0.2, 0.25) is 0 Å². The van der Waals surface area contributed by atoms with Gasteiger partial charge in [-0.05, 0) is 69.5 Å². The second-order valence-electron chi connectivity index (χ2n) is 9.96. The van der Waals surface area contributed by atoms with E-state index < -0.39 is 0 Å². The Bertz CT molecular complexity index is 895. The van der Waals surface area contributed by atoms with Crippen LogP contribution in [0.5, 0.6) is 11.5 Å². The quantitative estimate of drug-likeness (QED) is 0.170. The van der Waals surface area contributed by atoms with Gasteiger partial charge in [-0.15, -0.1) is 0 Å². The molecule has 34 heavy (non-hydrogen) atoms. The van der Waals surface area contributed by atoms with Crippen LogP contribution in [0.1, 0.15) is 100 Å². The van der Waals surface area contributed by atoms with Crippen molar-refractivity contribution in [1.29, 1.82) is 0 Å². The summed E-state index contributed by atoms with van der Waals surface area (Å²) in [6.07, 6.45) is 6.70. The van der Waals surface area contributed by atoms with Crippen LogP contribution in [0.3, 0.4) is 0 Å². The van der Waals surface area contributed by atoms with Crippen LogP contribution in [0, 0.1) is 13.8 Å². The van der Waals surface area contributed by atoms with Crippen molar-refractivity contribution in [1.82, 2.24) is 0 Å². The molecule has 5 heteroatoms. The van der Waals surface area contributed by atoms with Crippen molar-refractivity contribution in [3.63, 3.8) is 0 Å². The number of carbonyl (C=O) groups excluding carboxylic acids is 1. The Hall–Kier alpha value is -1.26. The summed E-state index contributed by atoms with van der Waals surface area (Å²) in [5.74, 6) is 1.60. The third-order valence-corrected chi connectivity index (χ3v) is 7.01. The van der Waals surface area contributed by atoms with Gasteiger partial charge in [0.05, 0.1) is 13.2 Å². The van der Waals surface area contributed by atoms with Gasteiger partial charge in [-0.3, -0.25) is 4.79 Å². The molecule has 2 rings (SSSR count). The van der Waals surface area contributed by atoms with Crippen LogP contribution < -0.4 is 14.8 Å². The van der Waals surface area contributed by atoms with E-state index >= 15 is 0 Å². The summed E-state index contributed by atoms with van der Waals surface area (Å²) in [5.41, 5.74) is 4.45. The minimum Gasteiger partial charge on any atom is -0.493 e. The Balaban J connectivity index is 0.00000578. The molecule has 0 spiro atoms. The van der Waals surface area contributed by atoms with Gasteiger partial charge in [-0.1, -0.05) is 72.4 Å². The first-order valence-electron chi connectivity index (χ1n) is 12.5. The predicted octanol–water partition coefficient (Wildman–Crippen LogP) is 7.50. The largest absolute Gasteiger partial charge is 0.493 e. The van der Waals surface area contributed by atoms with Gasteiger partial charge < -0.3 is 9.47 Å². The molecule has 0 saturated carbocycles. The number of rotatable bonds is 13. The number of benzene rings is 2. The van der Waals surface area contributed by atoms with Crippen LogP contribution in [0.15, 0.2) is 30.3 Å². The zero-order valence-electron chi connectivity index (χ0n) is 22.8. The number of hydrogen-bond acceptors (Lipinski definition) is 3. The third kappa shape index (κ3) is 9.41. The van der Waals surface area contributed by atoms with Crippen LogP contribution in [0.25, 0.3) is 0 Å². The third-order valence-electron chi connectivity index (χ3n) is 5.85. The Labute approximate surface area is 221 Å². The molecule has 0 aromatic heterocycles. The molecular formula is C29H43LiO3P. The van der Waals surface area contributed by atoms with Crippen LogP contribution in [-0.4, -0.2) is 37.6 Å². The van der Waals surface area contributed by atoms with Crippen molar-refractivity contribution in [3.8, 4) is 11.5 Å². The van der Waals surface area contributed by atoms with Crippen LogP contribution >= 0.6 is 8.58 Å². The van der Waals surface area contributed by atoms with E-state index in [-0.39, 0.29) is 38.4 Å². The fourth-order valence-electron chi connectivity index (χ4n) is 3.83. The molecule has 1 atom stereocenters. The van der Waals surface area contributed by atoms with Crippen molar-refractivity contribution in [2.75, 3.05) is 13.2 Å². The fourth-order valence-corrected chi connectivity index (χ4v) is 5.03. The number of unbranched alkanes of at least 4 members (excludes halogenated alkanes) is 4. The summed E-state index contributed by atoms with van der Waals surface area (Å²) < 4.78 is 12.1. The molecule has 0 aliphatic carbocycles. The maximum absolute atomic E-state index is 13.4. The topological polar surface area (TPSA) is 35.5 Å². The zero-order valence-corrected chi connectivity index (χ0v) is 23.8. The molecule has 0 aliphatic heterocycles. The Morgan fingerprint density at radius 3 is 1.94 bits per heavy atom. The molecule has 2 aromatic rings. The van der Waals surface area contributed by atoms with E-state index in [1.54, 1.807) is 0 Å². The van der Waals surface area contributed by atoms with E-state index in [1.807, 2.05) is 18.2 Å². The molecule has 0 aliphatic rings. The maximum atomic E-state index is 13.4. The molecule has 2 aromatic carbocycles. The number of aryl methyl sites for hydroxylation is 2. The summed E-state index contributed by atoms with van der Waals surface area (Å²) in [7, 11) is 0.0222. The number of hydrogen-bond donors (Lipinski definition) is 0. The van der Waals surface area contributed by atoms with E-state index in [9.17, 15) is 4.79 Å². The smallest absolute Gasteiger partial charge is 0.186 e. The van der Waals surface area contributed by atoms with Gasteiger partial charge in [-0.25, -0.2) is 0 Å². The molecular weight excluding hydrogens is 434 g/mol. The zero-order chi connectivity index (χ0) is 24.4. The fraction of sp³-hybridized carbons (Fsp3) is 0.552. The summed E-state index contributed by atoms with van der Waals surface area (Å²) in [5, 5.41) is 0.955. The average molecular weight is 478 g/mol. The van der Waals surface area contributed by atoms with Gasteiger partial charge in [0.1, 0.15) is 11.5 Å². The normalized spacial score (nSPS) is 11.5. The van der Waals surface area contributed by atoms with Gasteiger partial charge in [-0.2, -0.15) is 0 Å². The van der Waals surface area contributed by atoms with E-state index in [2.05, 4.69) is 60.6 Å². The van der Waals surface area contributed by atoms with Gasteiger partial charge in [0.15, 0.2) is 5.52 Å². The molecule has 0 bridgehead atoms. The molecule has 0 saturated heterocycles. The first-order valence-corrected chi connectivity index (χ1v) is 13.5. The van der Waals surface area contributed by atoms with Gasteiger partial charge in [0.25, 0.3) is 0 Å². The first-order chi connectivity index (χ1) is 15.7. The molecule has 0 amide bonds. The van der Waals surface area contributed by atoms with Crippen LogP contribution in [-0.2, 0) is 5.41 Å². The van der Waals surface area contributed by atoms with Crippen LogP contribution in [0.4, 0.5) is 0 Å². The minimum absolute atomic E-state index is 0. The summed E-state index contributed by atoms with van der Waals surface area (Å²) in [4.78, 5) is 13.4. The summed E-state index contributed by atoms with van der Waals surface area (Å²) in [6.45, 7) is 16.5. The molecule has 183 valence electrons. The Morgan fingerprint density at radius 1 is 0.853 bits per heavy atom. The van der Waals surface area contributed by atoms with E-state index in [0.29, 0.717) is 13.2 Å². The van der Waals surface area contributed by atoms with Crippen molar-refractivity contribution < 1.29 is 14.3 Å². The van der Waals surface area contributed by atoms with E-state index in [0.717, 1.165) is 59.2 Å². The second kappa shape index (κ2) is 15.0. The minimum atomic E-state index is 0. The van der Waals surface area contributed by atoms with Gasteiger partial charge >= 0.3 is 0 Å². The second-order valence-corrected chi connectivity index (χ2v) is 11.2. The average Bonchev–Trinajstić information content (AvgIpc) is 2.74. The monoisotopic (exact) mass is 477 g/mol. The molecule has 0 fully saturated rings. The predicted molar refractivity (Wildman–Crippen MR) is 149 cm³/mol. The maximum Gasteiger partial charge on any atom is 0.186 e. The summed E-state index contributed by atoms with van der Waals surface area (Å²) in [6, 6.07) is 10.3. The van der Waals surface area contributed by atoms with Crippen molar-refractivity contribution >= 4 is 38.3 Å². The SMILES string of the molecule is CCCCCOc1ccc(PC(=O)c2c(C)cc(C(C)(C)C)cc2C)c(OCCCCC)c1.[Li]. The van der Waals surface area contributed by atoms with E-state index in [4.69, 9.17) is 9.47 Å². The Morgan fingerprint density at radius 2 is 1.41 bits per heavy atom. The summed E-state index contributed by atoms with van der Waals surface area (Å²) >= 11 is 0. The van der Waals surface area contributed by atoms with Crippen molar-refractivity contribution in [2.45, 2.75) is 92.4 Å². The van der Waals surface area contributed by atoms with E-state index in [1.165, 1.54) is 18.4 Å². The van der Waals surface area contributed by atoms with Gasteiger partial charge in [0, 0.05) is 35.8 Å². The van der Waals surface area contributed by atoms with Crippen LogP contribution in [0.2, 0.25) is 0 Å². The first kappa shape index (κ1) is 30.8. The molecule has 0 N–H and O–H groups in total.